The van der Waals surface area contributed by atoms with E-state index in [2.05, 4.69) is 0 Å². The molecule has 0 aliphatic carbocycles. The van der Waals surface area contributed by atoms with Crippen LogP contribution in [0.2, 0.25) is 0 Å². The molecule has 0 bridgehead atoms. The van der Waals surface area contributed by atoms with E-state index in [0.29, 0.717) is 41.0 Å². The van der Waals surface area contributed by atoms with Gasteiger partial charge < -0.3 is 19.1 Å². The topological polar surface area (TPSA) is 93.9 Å². The summed E-state index contributed by atoms with van der Waals surface area (Å²) in [6.07, 6.45) is 0.410. The summed E-state index contributed by atoms with van der Waals surface area (Å²) in [6.45, 7) is 1.36. The van der Waals surface area contributed by atoms with Gasteiger partial charge in [0.05, 0.1) is 42.4 Å². The minimum atomic E-state index is -3.01. The highest BCUT2D eigenvalue weighted by atomic mass is 19.3. The number of benzene rings is 2. The largest absolute Gasteiger partial charge is 0.481 e. The van der Waals surface area contributed by atoms with Crippen LogP contribution in [-0.2, 0) is 27.1 Å². The van der Waals surface area contributed by atoms with Gasteiger partial charge in [-0.15, -0.1) is 0 Å². The van der Waals surface area contributed by atoms with Gasteiger partial charge in [0.25, 0.3) is 5.92 Å². The van der Waals surface area contributed by atoms with Crippen LogP contribution in [0, 0.1) is 0 Å². The number of carboxylic acid groups (broad SMARTS) is 1. The van der Waals surface area contributed by atoms with Crippen molar-refractivity contribution in [1.29, 1.82) is 0 Å². The van der Waals surface area contributed by atoms with E-state index < -0.39 is 43.0 Å². The molecule has 0 saturated carbocycles. The number of rotatable bonds is 5. The molecule has 0 spiro atoms. The van der Waals surface area contributed by atoms with Gasteiger partial charge in [-0.3, -0.25) is 9.69 Å². The molecule has 1 fully saturated rings. The SMILES string of the molecule is COC(=O)N1c2ccc3c(nc(CC(C(=O)O)c4ccccc4)n3C3COCC(F)(F)C3)c2CC[C@@H]1C. The lowest BCUT2D eigenvalue weighted by molar-refractivity contribution is -0.139. The molecule has 1 aromatic heterocycles. The van der Waals surface area contributed by atoms with E-state index in [1.165, 1.54) is 7.11 Å². The number of methoxy groups -OCH3 is 1. The Bertz CT molecular complexity index is 1330. The van der Waals surface area contributed by atoms with Gasteiger partial charge in [0.2, 0.25) is 0 Å². The van der Waals surface area contributed by atoms with Crippen LogP contribution in [-0.4, -0.2) is 59.0 Å². The summed E-state index contributed by atoms with van der Waals surface area (Å²) in [6, 6.07) is 11.6. The molecule has 1 N–H and O–H groups in total. The monoisotopic (exact) mass is 513 g/mol. The zero-order chi connectivity index (χ0) is 26.3. The van der Waals surface area contributed by atoms with Crippen molar-refractivity contribution in [2.24, 2.45) is 0 Å². The minimum absolute atomic E-state index is 0.0159. The van der Waals surface area contributed by atoms with Gasteiger partial charge in [-0.25, -0.2) is 18.6 Å². The summed E-state index contributed by atoms with van der Waals surface area (Å²) in [5.41, 5.74) is 3.29. The Morgan fingerprint density at radius 1 is 1.24 bits per heavy atom. The summed E-state index contributed by atoms with van der Waals surface area (Å²) in [4.78, 5) is 31.3. The molecule has 2 aliphatic rings. The standard InChI is InChI=1S/C27H29F2N3O5/c1-16-8-9-19-21(31(16)26(35)36-2)10-11-22-24(19)30-23(32(22)18-13-27(28,29)15-37-14-18)12-20(25(33)34)17-6-4-3-5-7-17/h3-7,10-11,16,18,20H,8-9,12-15H2,1-2H3,(H,33,34)/t16-,18?,20?/m0/s1. The second-order valence-corrected chi connectivity index (χ2v) is 9.79. The van der Waals surface area contributed by atoms with E-state index in [1.807, 2.05) is 6.92 Å². The predicted molar refractivity (Wildman–Crippen MR) is 132 cm³/mol. The van der Waals surface area contributed by atoms with Crippen molar-refractivity contribution in [3.05, 3.63) is 59.4 Å². The van der Waals surface area contributed by atoms with Crippen LogP contribution in [0.3, 0.4) is 0 Å². The maximum Gasteiger partial charge on any atom is 0.414 e. The molecule has 2 aliphatic heterocycles. The summed E-state index contributed by atoms with van der Waals surface area (Å²) >= 11 is 0. The molecule has 3 heterocycles. The molecular weight excluding hydrogens is 484 g/mol. The molecule has 3 aromatic rings. The summed E-state index contributed by atoms with van der Waals surface area (Å²) in [5.74, 6) is -4.55. The Labute approximate surface area is 212 Å². The number of fused-ring (bicyclic) bond motifs is 3. The van der Waals surface area contributed by atoms with Crippen LogP contribution in [0.5, 0.6) is 0 Å². The average molecular weight is 514 g/mol. The smallest absolute Gasteiger partial charge is 0.414 e. The molecule has 196 valence electrons. The van der Waals surface area contributed by atoms with Crippen LogP contribution in [0.15, 0.2) is 42.5 Å². The van der Waals surface area contributed by atoms with Crippen molar-refractivity contribution in [3.8, 4) is 0 Å². The number of aryl methyl sites for hydroxylation is 1. The van der Waals surface area contributed by atoms with Crippen molar-refractivity contribution in [3.63, 3.8) is 0 Å². The molecule has 1 amide bonds. The van der Waals surface area contributed by atoms with Crippen LogP contribution in [0.25, 0.3) is 11.0 Å². The normalized spacial score (nSPS) is 21.9. The molecule has 37 heavy (non-hydrogen) atoms. The highest BCUT2D eigenvalue weighted by molar-refractivity contribution is 5.95. The number of alkyl halides is 2. The molecular formula is C27H29F2N3O5. The van der Waals surface area contributed by atoms with Crippen molar-refractivity contribution in [2.75, 3.05) is 25.2 Å². The van der Waals surface area contributed by atoms with E-state index in [1.54, 1.807) is 51.9 Å². The Kier molecular flexibility index (Phi) is 6.61. The van der Waals surface area contributed by atoms with Gasteiger partial charge >= 0.3 is 12.1 Å². The number of ether oxygens (including phenoxy) is 2. The van der Waals surface area contributed by atoms with E-state index in [9.17, 15) is 23.5 Å². The molecule has 1 saturated heterocycles. The number of nitrogens with zero attached hydrogens (tertiary/aromatic N) is 3. The number of hydrogen-bond donors (Lipinski definition) is 1. The Balaban J connectivity index is 1.67. The lowest BCUT2D eigenvalue weighted by atomic mass is 9.95. The first-order valence-electron chi connectivity index (χ1n) is 12.3. The number of amides is 1. The van der Waals surface area contributed by atoms with Crippen molar-refractivity contribution >= 4 is 28.8 Å². The van der Waals surface area contributed by atoms with Gasteiger partial charge in [-0.05, 0) is 37.5 Å². The van der Waals surface area contributed by atoms with E-state index in [4.69, 9.17) is 14.5 Å². The first-order valence-corrected chi connectivity index (χ1v) is 12.3. The lowest BCUT2D eigenvalue weighted by Crippen LogP contribution is -2.42. The minimum Gasteiger partial charge on any atom is -0.481 e. The van der Waals surface area contributed by atoms with E-state index in [0.717, 1.165) is 5.56 Å². The second-order valence-electron chi connectivity index (χ2n) is 9.79. The predicted octanol–water partition coefficient (Wildman–Crippen LogP) is 4.95. The average Bonchev–Trinajstić information content (AvgIpc) is 3.25. The lowest BCUT2D eigenvalue weighted by Gasteiger charge is -2.34. The van der Waals surface area contributed by atoms with Crippen molar-refractivity contribution in [2.45, 2.75) is 56.5 Å². The third kappa shape index (κ3) is 4.66. The zero-order valence-electron chi connectivity index (χ0n) is 20.7. The van der Waals surface area contributed by atoms with Crippen LogP contribution in [0.1, 0.15) is 48.7 Å². The number of anilines is 1. The quantitative estimate of drug-likeness (QED) is 0.519. The summed E-state index contributed by atoms with van der Waals surface area (Å²) in [5, 5.41) is 10.1. The number of carboxylic acids is 1. The highest BCUT2D eigenvalue weighted by Gasteiger charge is 2.40. The van der Waals surface area contributed by atoms with Gasteiger partial charge in [0, 0.05) is 24.4 Å². The number of carbonyl (C=O) groups is 2. The van der Waals surface area contributed by atoms with Crippen LogP contribution >= 0.6 is 0 Å². The number of carbonyl (C=O) groups excluding carboxylic acids is 1. The van der Waals surface area contributed by atoms with Crippen molar-refractivity contribution in [1.82, 2.24) is 9.55 Å². The molecule has 5 rings (SSSR count). The molecule has 8 nitrogen and oxygen atoms in total. The number of aromatic nitrogens is 2. The number of hydrogen-bond acceptors (Lipinski definition) is 5. The molecule has 3 atom stereocenters. The zero-order valence-corrected chi connectivity index (χ0v) is 20.7. The van der Waals surface area contributed by atoms with Crippen molar-refractivity contribution < 1.29 is 33.0 Å². The number of imidazole rings is 1. The van der Waals surface area contributed by atoms with Gasteiger partial charge in [0.15, 0.2) is 0 Å². The number of aliphatic carboxylic acids is 1. The molecule has 2 aromatic carbocycles. The van der Waals surface area contributed by atoms with Crippen LogP contribution in [0.4, 0.5) is 19.3 Å². The summed E-state index contributed by atoms with van der Waals surface area (Å²) in [7, 11) is 1.33. The van der Waals surface area contributed by atoms with Gasteiger partial charge in [-0.2, -0.15) is 0 Å². The highest BCUT2D eigenvalue weighted by Crippen LogP contribution is 2.40. The van der Waals surface area contributed by atoms with Crippen LogP contribution < -0.4 is 4.90 Å². The fourth-order valence-electron chi connectivity index (χ4n) is 5.56. The maximum atomic E-state index is 14.4. The molecule has 0 radical (unpaired) electrons. The van der Waals surface area contributed by atoms with Gasteiger partial charge in [0.1, 0.15) is 12.4 Å². The fourth-order valence-corrected chi connectivity index (χ4v) is 5.56. The van der Waals surface area contributed by atoms with E-state index in [-0.39, 0.29) is 19.1 Å². The first-order chi connectivity index (χ1) is 17.7. The maximum absolute atomic E-state index is 14.4. The van der Waals surface area contributed by atoms with Gasteiger partial charge in [-0.1, -0.05) is 30.3 Å². The second kappa shape index (κ2) is 9.74. The Morgan fingerprint density at radius 3 is 2.68 bits per heavy atom. The Hall–Kier alpha value is -3.53. The number of halogens is 2. The third-order valence-corrected chi connectivity index (χ3v) is 7.31. The Morgan fingerprint density at radius 2 is 2.00 bits per heavy atom. The molecule has 2 unspecified atom stereocenters. The first kappa shape index (κ1) is 25.1. The third-order valence-electron chi connectivity index (χ3n) is 7.31. The van der Waals surface area contributed by atoms with E-state index >= 15 is 0 Å². The summed E-state index contributed by atoms with van der Waals surface area (Å²) < 4.78 is 40.8. The molecule has 10 heteroatoms. The fraction of sp³-hybridized carbons (Fsp3) is 0.444.